The van der Waals surface area contributed by atoms with Crippen LogP contribution in [0.25, 0.3) is 10.9 Å². The Kier molecular flexibility index (Phi) is 3.82. The number of aromatic nitrogens is 1. The molecule has 4 nitrogen and oxygen atoms in total. The topological polar surface area (TPSA) is 43.3 Å². The van der Waals surface area contributed by atoms with E-state index in [1.807, 2.05) is 26.8 Å². The Balaban J connectivity index is 2.02. The molecule has 2 unspecified atom stereocenters. The van der Waals surface area contributed by atoms with E-state index >= 15 is 0 Å². The number of nitrogens with zero attached hydrogens (tertiary/aromatic N) is 1. The predicted octanol–water partition coefficient (Wildman–Crippen LogP) is 4.55. The van der Waals surface area contributed by atoms with E-state index in [9.17, 15) is 4.79 Å². The number of ether oxygens (including phenoxy) is 1. The Labute approximate surface area is 157 Å². The average molecular weight is 405 g/mol. The third-order valence-electron chi connectivity index (χ3n) is 5.39. The fourth-order valence-corrected chi connectivity index (χ4v) is 5.22. The van der Waals surface area contributed by atoms with Crippen molar-refractivity contribution in [2.75, 3.05) is 0 Å². The molecule has 1 aromatic heterocycles. The molecule has 4 rings (SSSR count). The summed E-state index contributed by atoms with van der Waals surface area (Å²) in [7, 11) is 2.13. The van der Waals surface area contributed by atoms with Crippen LogP contribution < -0.4 is 5.32 Å². The van der Waals surface area contributed by atoms with Gasteiger partial charge < -0.3 is 14.6 Å². The fourth-order valence-electron chi connectivity index (χ4n) is 4.51. The summed E-state index contributed by atoms with van der Waals surface area (Å²) in [5.74, 6) is -0.252. The molecule has 2 aromatic rings. The summed E-state index contributed by atoms with van der Waals surface area (Å²) in [6.45, 7) is 7.85. The average Bonchev–Trinajstić information content (AvgIpc) is 2.98. The summed E-state index contributed by atoms with van der Waals surface area (Å²) in [6.07, 6.45) is 3.37. The zero-order chi connectivity index (χ0) is 18.1. The number of hydrogen-bond acceptors (Lipinski definition) is 3. The largest absolute Gasteiger partial charge is 0.456 e. The first-order valence-electron chi connectivity index (χ1n) is 8.97. The number of fused-ring (bicyclic) bond motifs is 6. The van der Waals surface area contributed by atoms with Crippen molar-refractivity contribution in [3.05, 3.63) is 32.9 Å². The molecule has 1 fully saturated rings. The summed E-state index contributed by atoms with van der Waals surface area (Å²) in [6, 6.07) is 2.94. The molecule has 5 heteroatoms. The monoisotopic (exact) mass is 404 g/mol. The molecule has 0 saturated carbocycles. The van der Waals surface area contributed by atoms with Gasteiger partial charge in [0.25, 0.3) is 0 Å². The zero-order valence-corrected chi connectivity index (χ0v) is 17.1. The van der Waals surface area contributed by atoms with Crippen LogP contribution in [0.4, 0.5) is 0 Å². The lowest BCUT2D eigenvalue weighted by Crippen LogP contribution is -2.32. The van der Waals surface area contributed by atoms with Gasteiger partial charge >= 0.3 is 5.97 Å². The van der Waals surface area contributed by atoms with E-state index < -0.39 is 5.60 Å². The van der Waals surface area contributed by atoms with Gasteiger partial charge in [-0.1, -0.05) is 0 Å². The van der Waals surface area contributed by atoms with Crippen LogP contribution in [0, 0.1) is 6.92 Å². The highest BCUT2D eigenvalue weighted by Crippen LogP contribution is 2.45. The van der Waals surface area contributed by atoms with Gasteiger partial charge in [0.1, 0.15) is 5.60 Å². The quantitative estimate of drug-likeness (QED) is 0.708. The molecule has 2 bridgehead atoms. The maximum atomic E-state index is 13.0. The van der Waals surface area contributed by atoms with E-state index in [-0.39, 0.29) is 5.97 Å². The maximum absolute atomic E-state index is 13.0. The minimum absolute atomic E-state index is 0.252. The van der Waals surface area contributed by atoms with E-state index in [1.165, 1.54) is 23.2 Å². The number of benzene rings is 1. The predicted molar refractivity (Wildman–Crippen MR) is 103 cm³/mol. The molecule has 0 radical (unpaired) electrons. The normalized spacial score (nSPS) is 22.3. The molecule has 2 aliphatic heterocycles. The lowest BCUT2D eigenvalue weighted by molar-refractivity contribution is 0.00708. The van der Waals surface area contributed by atoms with Gasteiger partial charge in [-0.15, -0.1) is 0 Å². The molecule has 2 aliphatic rings. The minimum Gasteiger partial charge on any atom is -0.456 e. The minimum atomic E-state index is -0.515. The zero-order valence-electron chi connectivity index (χ0n) is 15.5. The van der Waals surface area contributed by atoms with Crippen LogP contribution in [0.15, 0.2) is 10.5 Å². The van der Waals surface area contributed by atoms with Crippen molar-refractivity contribution in [1.29, 1.82) is 0 Å². The highest BCUT2D eigenvalue weighted by molar-refractivity contribution is 9.10. The van der Waals surface area contributed by atoms with Crippen LogP contribution in [-0.2, 0) is 18.2 Å². The van der Waals surface area contributed by atoms with Crippen LogP contribution in [0.1, 0.15) is 66.8 Å². The molecule has 134 valence electrons. The first-order chi connectivity index (χ1) is 11.7. The van der Waals surface area contributed by atoms with Crippen molar-refractivity contribution >= 4 is 32.8 Å². The number of hydrogen-bond donors (Lipinski definition) is 1. The third kappa shape index (κ3) is 2.63. The second kappa shape index (κ2) is 5.58. The van der Waals surface area contributed by atoms with Crippen LogP contribution in [0.5, 0.6) is 0 Å². The van der Waals surface area contributed by atoms with Gasteiger partial charge in [-0.25, -0.2) is 4.79 Å². The molecule has 1 saturated heterocycles. The van der Waals surface area contributed by atoms with E-state index in [2.05, 4.69) is 39.8 Å². The van der Waals surface area contributed by atoms with Crippen molar-refractivity contribution in [1.82, 2.24) is 9.88 Å². The van der Waals surface area contributed by atoms with Crippen molar-refractivity contribution in [2.24, 2.45) is 7.05 Å². The first kappa shape index (κ1) is 17.1. The first-order valence-corrected chi connectivity index (χ1v) is 9.76. The summed E-state index contributed by atoms with van der Waals surface area (Å²) in [5.41, 5.74) is 5.16. The second-order valence-corrected chi connectivity index (χ2v) is 9.25. The van der Waals surface area contributed by atoms with Crippen LogP contribution in [-0.4, -0.2) is 22.2 Å². The Morgan fingerprint density at radius 2 is 2.08 bits per heavy atom. The third-order valence-corrected chi connectivity index (χ3v) is 6.02. The Hall–Kier alpha value is -1.33. The molecule has 25 heavy (non-hydrogen) atoms. The molecule has 1 aromatic carbocycles. The highest BCUT2D eigenvalue weighted by Gasteiger charge is 2.38. The molecule has 1 N–H and O–H groups in total. The van der Waals surface area contributed by atoms with Gasteiger partial charge in [0.05, 0.1) is 11.1 Å². The van der Waals surface area contributed by atoms with E-state index in [1.54, 1.807) is 0 Å². The number of esters is 1. The molecule has 0 aliphatic carbocycles. The molecule has 3 heterocycles. The smallest absolute Gasteiger partial charge is 0.340 e. The summed E-state index contributed by atoms with van der Waals surface area (Å²) in [4.78, 5) is 13.0. The molecule has 2 atom stereocenters. The van der Waals surface area contributed by atoms with Crippen molar-refractivity contribution < 1.29 is 9.53 Å². The lowest BCUT2D eigenvalue weighted by atomic mass is 9.95. The Morgan fingerprint density at radius 3 is 2.76 bits per heavy atom. The molecule has 0 spiro atoms. The standard InChI is InChI=1S/C20H25BrN2O2/c1-10-8-12(21)15(19(24)25-20(2,3)4)17-16-13-7-6-11(22-13)9-14(16)23(5)18(10)17/h8,11,13,22H,6-7,9H2,1-5H3. The molecular formula is C20H25BrN2O2. The van der Waals surface area contributed by atoms with Gasteiger partial charge in [-0.2, -0.15) is 0 Å². The number of aryl methyl sites for hydroxylation is 2. The molecular weight excluding hydrogens is 380 g/mol. The van der Waals surface area contributed by atoms with Crippen LogP contribution in [0.2, 0.25) is 0 Å². The highest BCUT2D eigenvalue weighted by atomic mass is 79.9. The van der Waals surface area contributed by atoms with Crippen molar-refractivity contribution in [3.63, 3.8) is 0 Å². The number of carbonyl (C=O) groups is 1. The Morgan fingerprint density at radius 1 is 1.36 bits per heavy atom. The Bertz CT molecular complexity index is 892. The van der Waals surface area contributed by atoms with E-state index in [4.69, 9.17) is 4.74 Å². The van der Waals surface area contributed by atoms with Gasteiger partial charge in [-0.3, -0.25) is 0 Å². The van der Waals surface area contributed by atoms with Gasteiger partial charge in [0.15, 0.2) is 0 Å². The van der Waals surface area contributed by atoms with E-state index in [0.717, 1.165) is 28.2 Å². The lowest BCUT2D eigenvalue weighted by Gasteiger charge is -2.24. The van der Waals surface area contributed by atoms with Gasteiger partial charge in [-0.05, 0) is 73.7 Å². The van der Waals surface area contributed by atoms with Crippen LogP contribution >= 0.6 is 15.9 Å². The summed E-state index contributed by atoms with van der Waals surface area (Å²) >= 11 is 3.64. The number of nitrogens with one attached hydrogen (secondary N) is 1. The maximum Gasteiger partial charge on any atom is 0.340 e. The van der Waals surface area contributed by atoms with Gasteiger partial charge in [0.2, 0.25) is 0 Å². The summed E-state index contributed by atoms with van der Waals surface area (Å²) < 4.78 is 8.85. The number of rotatable bonds is 1. The fraction of sp³-hybridized carbons (Fsp3) is 0.550. The number of carbonyl (C=O) groups excluding carboxylic acids is 1. The SMILES string of the molecule is Cc1cc(Br)c(C(=O)OC(C)(C)C)c2c3c(n(C)c12)CC1CCC3N1. The van der Waals surface area contributed by atoms with Crippen molar-refractivity contribution in [3.8, 4) is 0 Å². The van der Waals surface area contributed by atoms with Gasteiger partial charge in [0, 0.05) is 41.1 Å². The molecule has 0 amide bonds. The second-order valence-electron chi connectivity index (χ2n) is 8.39. The number of halogens is 1. The van der Waals surface area contributed by atoms with Crippen molar-refractivity contribution in [2.45, 2.75) is 64.6 Å². The summed E-state index contributed by atoms with van der Waals surface area (Å²) in [5, 5.41) is 4.79. The van der Waals surface area contributed by atoms with Crippen LogP contribution in [0.3, 0.4) is 0 Å². The van der Waals surface area contributed by atoms with E-state index in [0.29, 0.717) is 17.6 Å².